The molecule has 1 aromatic heterocycles. The molecule has 0 bridgehead atoms. The molecule has 2 amide bonds. The molecule has 0 aliphatic carbocycles. The van der Waals surface area contributed by atoms with Gasteiger partial charge in [0.25, 0.3) is 0 Å². The molecule has 0 spiro atoms. The molecule has 1 aliphatic rings. The van der Waals surface area contributed by atoms with E-state index in [9.17, 15) is 13.6 Å². The third-order valence-corrected chi connectivity index (χ3v) is 5.95. The summed E-state index contributed by atoms with van der Waals surface area (Å²) in [5.41, 5.74) is 3.27. The minimum Gasteiger partial charge on any atom is -0.367 e. The third kappa shape index (κ3) is 6.51. The number of nitrogens with zero attached hydrogens (tertiary/aromatic N) is 3. The van der Waals surface area contributed by atoms with Gasteiger partial charge in [-0.3, -0.25) is 9.88 Å². The first-order valence-electron chi connectivity index (χ1n) is 11.6. The van der Waals surface area contributed by atoms with Crippen LogP contribution in [0.4, 0.5) is 25.0 Å². The van der Waals surface area contributed by atoms with Crippen LogP contribution in [0.2, 0.25) is 0 Å². The summed E-state index contributed by atoms with van der Waals surface area (Å²) >= 11 is 0. The topological polar surface area (TPSA) is 60.5 Å². The van der Waals surface area contributed by atoms with E-state index in [-0.39, 0.29) is 6.03 Å². The molecular formula is C26H29F2N5O. The summed E-state index contributed by atoms with van der Waals surface area (Å²) in [4.78, 5) is 20.6. The minimum atomic E-state index is -0.555. The van der Waals surface area contributed by atoms with Crippen LogP contribution in [0.15, 0.2) is 67.0 Å². The summed E-state index contributed by atoms with van der Waals surface area (Å²) in [5, 5.41) is 5.75. The number of amides is 2. The van der Waals surface area contributed by atoms with E-state index in [0.29, 0.717) is 25.3 Å². The standard InChI is InChI=1S/C26H29F2N5O/c27-22-7-10-25(24(28)18-22)33-16-14-32(15-17-33)13-2-1-12-30-26(34)31-23-8-5-20(6-9-23)21-4-3-11-29-19-21/h3-11,18-19H,1-2,12-17H2,(H2,30,31,34). The van der Waals surface area contributed by atoms with Crippen molar-refractivity contribution in [1.82, 2.24) is 15.2 Å². The Morgan fingerprint density at radius 3 is 2.44 bits per heavy atom. The molecule has 3 aromatic rings. The number of hydrogen-bond donors (Lipinski definition) is 2. The van der Waals surface area contributed by atoms with E-state index >= 15 is 0 Å². The van der Waals surface area contributed by atoms with Gasteiger partial charge in [0, 0.05) is 56.9 Å². The van der Waals surface area contributed by atoms with Crippen LogP contribution in [-0.4, -0.2) is 55.2 Å². The number of hydrogen-bond acceptors (Lipinski definition) is 4. The molecule has 34 heavy (non-hydrogen) atoms. The molecule has 0 saturated carbocycles. The predicted molar refractivity (Wildman–Crippen MR) is 131 cm³/mol. The van der Waals surface area contributed by atoms with Gasteiger partial charge in [0.1, 0.15) is 11.6 Å². The monoisotopic (exact) mass is 465 g/mol. The van der Waals surface area contributed by atoms with Crippen molar-refractivity contribution in [2.24, 2.45) is 0 Å². The van der Waals surface area contributed by atoms with Crippen molar-refractivity contribution in [2.45, 2.75) is 12.8 Å². The number of piperazine rings is 1. The average molecular weight is 466 g/mol. The van der Waals surface area contributed by atoms with E-state index in [1.165, 1.54) is 12.1 Å². The maximum atomic E-state index is 14.0. The van der Waals surface area contributed by atoms with Crippen molar-refractivity contribution >= 4 is 17.4 Å². The second kappa shape index (κ2) is 11.6. The number of benzene rings is 2. The number of rotatable bonds is 8. The Morgan fingerprint density at radius 1 is 0.941 bits per heavy atom. The third-order valence-electron chi connectivity index (χ3n) is 5.95. The van der Waals surface area contributed by atoms with Crippen LogP contribution in [0.25, 0.3) is 11.1 Å². The Hall–Kier alpha value is -3.52. The maximum absolute atomic E-state index is 14.0. The van der Waals surface area contributed by atoms with E-state index in [4.69, 9.17) is 0 Å². The highest BCUT2D eigenvalue weighted by atomic mass is 19.1. The zero-order valence-electron chi connectivity index (χ0n) is 19.0. The maximum Gasteiger partial charge on any atom is 0.319 e. The Morgan fingerprint density at radius 2 is 1.74 bits per heavy atom. The number of pyridine rings is 1. The molecule has 2 heterocycles. The summed E-state index contributed by atoms with van der Waals surface area (Å²) in [6, 6.07) is 15.1. The van der Waals surface area contributed by atoms with Gasteiger partial charge in [-0.1, -0.05) is 18.2 Å². The first kappa shape index (κ1) is 23.6. The lowest BCUT2D eigenvalue weighted by Gasteiger charge is -2.36. The van der Waals surface area contributed by atoms with Gasteiger partial charge in [-0.2, -0.15) is 0 Å². The lowest BCUT2D eigenvalue weighted by molar-refractivity contribution is 0.246. The zero-order chi connectivity index (χ0) is 23.8. The first-order chi connectivity index (χ1) is 16.6. The second-order valence-electron chi connectivity index (χ2n) is 8.33. The van der Waals surface area contributed by atoms with Gasteiger partial charge in [-0.25, -0.2) is 13.6 Å². The second-order valence-corrected chi connectivity index (χ2v) is 8.33. The van der Waals surface area contributed by atoms with Gasteiger partial charge in [0.15, 0.2) is 0 Å². The smallest absolute Gasteiger partial charge is 0.319 e. The van der Waals surface area contributed by atoms with E-state index < -0.39 is 11.6 Å². The Bertz CT molecular complexity index is 1070. The summed E-state index contributed by atoms with van der Waals surface area (Å²) < 4.78 is 27.1. The first-order valence-corrected chi connectivity index (χ1v) is 11.6. The normalized spacial score (nSPS) is 14.1. The number of carbonyl (C=O) groups excluding carboxylic acids is 1. The molecular weight excluding hydrogens is 436 g/mol. The highest BCUT2D eigenvalue weighted by Gasteiger charge is 2.19. The fourth-order valence-corrected chi connectivity index (χ4v) is 4.07. The highest BCUT2D eigenvalue weighted by Crippen LogP contribution is 2.22. The molecule has 2 N–H and O–H groups in total. The molecule has 178 valence electrons. The van der Waals surface area contributed by atoms with Crippen LogP contribution in [-0.2, 0) is 0 Å². The largest absolute Gasteiger partial charge is 0.367 e. The molecule has 1 aliphatic heterocycles. The lowest BCUT2D eigenvalue weighted by Crippen LogP contribution is -2.47. The molecule has 0 atom stereocenters. The van der Waals surface area contributed by atoms with Crippen LogP contribution in [0.5, 0.6) is 0 Å². The summed E-state index contributed by atoms with van der Waals surface area (Å²) in [6.45, 7) is 4.62. The molecule has 0 unspecified atom stereocenters. The van der Waals surface area contributed by atoms with Crippen LogP contribution >= 0.6 is 0 Å². The number of aromatic nitrogens is 1. The van der Waals surface area contributed by atoms with E-state index in [0.717, 1.165) is 55.4 Å². The minimum absolute atomic E-state index is 0.218. The number of carbonyl (C=O) groups is 1. The highest BCUT2D eigenvalue weighted by molar-refractivity contribution is 5.89. The van der Waals surface area contributed by atoms with Crippen molar-refractivity contribution in [3.63, 3.8) is 0 Å². The van der Waals surface area contributed by atoms with Gasteiger partial charge >= 0.3 is 6.03 Å². The van der Waals surface area contributed by atoms with E-state index in [1.54, 1.807) is 12.4 Å². The number of nitrogens with one attached hydrogen (secondary N) is 2. The van der Waals surface area contributed by atoms with Crippen LogP contribution in [0.3, 0.4) is 0 Å². The predicted octanol–water partition coefficient (Wildman–Crippen LogP) is 4.75. The van der Waals surface area contributed by atoms with Gasteiger partial charge < -0.3 is 15.5 Å². The van der Waals surface area contributed by atoms with Crippen LogP contribution in [0, 0.1) is 11.6 Å². The summed E-state index contributed by atoms with van der Waals surface area (Å²) in [5.74, 6) is -1.07. The average Bonchev–Trinajstić information content (AvgIpc) is 2.85. The molecule has 1 fully saturated rings. The van der Waals surface area contributed by atoms with Crippen LogP contribution < -0.4 is 15.5 Å². The van der Waals surface area contributed by atoms with E-state index in [2.05, 4.69) is 20.5 Å². The number of unbranched alkanes of at least 4 members (excludes halogenated alkanes) is 1. The van der Waals surface area contributed by atoms with Crippen molar-refractivity contribution in [1.29, 1.82) is 0 Å². The number of anilines is 2. The van der Waals surface area contributed by atoms with E-state index in [1.807, 2.05) is 41.3 Å². The number of urea groups is 1. The SMILES string of the molecule is O=C(NCCCCN1CCN(c2ccc(F)cc2F)CC1)Nc1ccc(-c2cccnc2)cc1. The molecule has 6 nitrogen and oxygen atoms in total. The van der Waals surface area contributed by atoms with Gasteiger partial charge in [-0.15, -0.1) is 0 Å². The quantitative estimate of drug-likeness (QED) is 0.472. The Labute approximate surface area is 198 Å². The van der Waals surface area contributed by atoms with Crippen LogP contribution in [0.1, 0.15) is 12.8 Å². The molecule has 1 saturated heterocycles. The van der Waals surface area contributed by atoms with Gasteiger partial charge in [0.05, 0.1) is 5.69 Å². The van der Waals surface area contributed by atoms with Gasteiger partial charge in [-0.05, 0) is 60.8 Å². The summed E-state index contributed by atoms with van der Waals surface area (Å²) in [6.07, 6.45) is 5.38. The molecule has 4 rings (SSSR count). The Balaban J connectivity index is 1.10. The fraction of sp³-hybridized carbons (Fsp3) is 0.308. The van der Waals surface area contributed by atoms with Crippen molar-refractivity contribution in [2.75, 3.05) is 49.5 Å². The Kier molecular flexibility index (Phi) is 8.04. The molecule has 0 radical (unpaired) electrons. The summed E-state index contributed by atoms with van der Waals surface area (Å²) in [7, 11) is 0. The number of halogens is 2. The van der Waals surface area contributed by atoms with Crippen molar-refractivity contribution < 1.29 is 13.6 Å². The van der Waals surface area contributed by atoms with Gasteiger partial charge in [0.2, 0.25) is 0 Å². The molecule has 2 aromatic carbocycles. The van der Waals surface area contributed by atoms with Crippen molar-refractivity contribution in [3.8, 4) is 11.1 Å². The fourth-order valence-electron chi connectivity index (χ4n) is 4.07. The molecule has 8 heteroatoms. The van der Waals surface area contributed by atoms with Crippen molar-refractivity contribution in [3.05, 3.63) is 78.6 Å². The lowest BCUT2D eigenvalue weighted by atomic mass is 10.1. The zero-order valence-corrected chi connectivity index (χ0v) is 19.0.